The van der Waals surface area contributed by atoms with Crippen molar-refractivity contribution in [1.29, 1.82) is 0 Å². The Balaban J connectivity index is 0.000000523. The van der Waals surface area contributed by atoms with E-state index in [9.17, 15) is 45.5 Å². The zero-order chi connectivity index (χ0) is 22.0. The first-order valence-electron chi connectivity index (χ1n) is 6.63. The molecule has 0 aliphatic rings. The molecule has 0 saturated carbocycles. The standard InChI is InChI=1S/2C6H7O6PS.Ce/c2*7-13(8,9)5-1-3-6(4-2-5)14(10,11)12;/h2*1-4H,(H2,7,8,9)(H,10,11,12);/q;;+4/p-4. The molecule has 0 saturated heterocycles. The second-order valence-electron chi connectivity index (χ2n) is 4.93. The first-order valence-corrected chi connectivity index (χ1v) is 12.6. The fraction of sp³-hybridized carbons (Fsp3) is 0. The van der Waals surface area contributed by atoms with E-state index in [0.717, 1.165) is 48.5 Å². The summed E-state index contributed by atoms with van der Waals surface area (Å²) in [4.78, 5) is 40.9. The van der Waals surface area contributed by atoms with Crippen molar-refractivity contribution in [2.75, 3.05) is 0 Å². The molecule has 2 aromatic rings. The third-order valence-corrected chi connectivity index (χ3v) is 6.50. The van der Waals surface area contributed by atoms with Gasteiger partial charge in [0, 0.05) is 0 Å². The number of hydrogen-bond acceptors (Lipinski definition) is 10. The van der Waals surface area contributed by atoms with Gasteiger partial charge in [0.25, 0.3) is 20.2 Å². The molecular weight excluding hydrogens is 602 g/mol. The average Bonchev–Trinajstić information content (AvgIpc) is 2.52. The van der Waals surface area contributed by atoms with Crippen LogP contribution in [-0.4, -0.2) is 25.9 Å². The van der Waals surface area contributed by atoms with Gasteiger partial charge in [-0.2, -0.15) is 16.8 Å². The maximum absolute atomic E-state index is 10.5. The van der Waals surface area contributed by atoms with E-state index in [1.165, 1.54) is 0 Å². The Hall–Kier alpha value is -0.0634. The van der Waals surface area contributed by atoms with E-state index in [2.05, 4.69) is 0 Å². The monoisotopic (exact) mass is 612 g/mol. The molecule has 29 heavy (non-hydrogen) atoms. The van der Waals surface area contributed by atoms with Gasteiger partial charge >= 0.3 is 41.7 Å². The minimum atomic E-state index is -4.87. The van der Waals surface area contributed by atoms with Gasteiger partial charge in [-0.1, -0.05) is 24.3 Å². The third kappa shape index (κ3) is 9.74. The largest absolute Gasteiger partial charge is 4.00 e. The molecule has 17 heteroatoms. The van der Waals surface area contributed by atoms with Crippen LogP contribution in [-0.2, 0) is 29.4 Å². The summed E-state index contributed by atoms with van der Waals surface area (Å²) < 4.78 is 80.1. The minimum Gasteiger partial charge on any atom is -0.807 e. The molecule has 2 aromatic carbocycles. The summed E-state index contributed by atoms with van der Waals surface area (Å²) in [5, 5.41) is -1.05. The summed E-state index contributed by atoms with van der Waals surface area (Å²) in [6, 6.07) is 6.65. The summed E-state index contributed by atoms with van der Waals surface area (Å²) in [7, 11) is -18.5. The number of benzene rings is 2. The van der Waals surface area contributed by atoms with Crippen LogP contribution in [0.3, 0.4) is 0 Å². The molecule has 0 aromatic heterocycles. The van der Waals surface area contributed by atoms with E-state index in [1.54, 1.807) is 0 Å². The van der Waals surface area contributed by atoms with Gasteiger partial charge in [-0.25, -0.2) is 0 Å². The van der Waals surface area contributed by atoms with Crippen molar-refractivity contribution in [3.05, 3.63) is 48.5 Å². The van der Waals surface area contributed by atoms with E-state index in [-0.39, 0.29) is 41.7 Å². The average molecular weight is 612 g/mol. The third-order valence-electron chi connectivity index (χ3n) is 2.90. The molecule has 0 radical (unpaired) electrons. The molecule has 2 rings (SSSR count). The molecule has 0 amide bonds. The molecular formula is C12H10CeO12P2S2. The zero-order valence-corrected chi connectivity index (χ0v) is 20.4. The Kier molecular flexibility index (Phi) is 10.5. The van der Waals surface area contributed by atoms with Gasteiger partial charge in [-0.15, -0.1) is 0 Å². The van der Waals surface area contributed by atoms with Gasteiger partial charge in [0.1, 0.15) is 0 Å². The molecule has 12 nitrogen and oxygen atoms in total. The van der Waals surface area contributed by atoms with Crippen molar-refractivity contribution < 1.29 is 96.4 Å². The number of hydrogen-bond donors (Lipinski definition) is 2. The Morgan fingerprint density at radius 3 is 0.931 bits per heavy atom. The Labute approximate surface area is 199 Å². The molecule has 0 fully saturated rings. The van der Waals surface area contributed by atoms with Gasteiger partial charge in [0.05, 0.1) is 9.79 Å². The van der Waals surface area contributed by atoms with Crippen LogP contribution in [0.15, 0.2) is 58.3 Å². The smallest absolute Gasteiger partial charge is 0.807 e. The fourth-order valence-electron chi connectivity index (χ4n) is 1.60. The van der Waals surface area contributed by atoms with Crippen molar-refractivity contribution in [3.63, 3.8) is 0 Å². The van der Waals surface area contributed by atoms with Crippen LogP contribution in [0.2, 0.25) is 0 Å². The molecule has 0 aliphatic carbocycles. The molecule has 0 heterocycles. The van der Waals surface area contributed by atoms with Crippen LogP contribution >= 0.6 is 15.2 Å². The summed E-state index contributed by atoms with van der Waals surface area (Å²) >= 11 is 0. The van der Waals surface area contributed by atoms with Gasteiger partial charge < -0.3 is 28.7 Å². The maximum atomic E-state index is 10.5. The first kappa shape index (κ1) is 28.9. The molecule has 0 aliphatic heterocycles. The molecule has 0 atom stereocenters. The Morgan fingerprint density at radius 1 is 0.586 bits per heavy atom. The summed E-state index contributed by atoms with van der Waals surface area (Å²) in [6.45, 7) is 0. The van der Waals surface area contributed by atoms with E-state index < -0.39 is 55.8 Å². The van der Waals surface area contributed by atoms with Gasteiger partial charge in [-0.3, -0.25) is 9.11 Å². The normalized spacial score (nSPS) is 12.3. The van der Waals surface area contributed by atoms with Crippen molar-refractivity contribution in [1.82, 2.24) is 0 Å². The van der Waals surface area contributed by atoms with Crippen LogP contribution in [0.4, 0.5) is 0 Å². The van der Waals surface area contributed by atoms with Crippen LogP contribution in [0.5, 0.6) is 0 Å². The molecule has 2 N–H and O–H groups in total. The van der Waals surface area contributed by atoms with Crippen molar-refractivity contribution >= 4 is 46.0 Å². The quantitative estimate of drug-likeness (QED) is 0.259. The Morgan fingerprint density at radius 2 is 0.793 bits per heavy atom. The molecule has 0 spiro atoms. The van der Waals surface area contributed by atoms with Gasteiger partial charge in [0.2, 0.25) is 0 Å². The molecule has 156 valence electrons. The van der Waals surface area contributed by atoms with Crippen LogP contribution in [0.1, 0.15) is 0 Å². The van der Waals surface area contributed by atoms with E-state index in [0.29, 0.717) is 0 Å². The summed E-state index contributed by atoms with van der Waals surface area (Å²) in [6.07, 6.45) is 0. The van der Waals surface area contributed by atoms with E-state index in [1.807, 2.05) is 0 Å². The number of rotatable bonds is 4. The first-order chi connectivity index (χ1) is 12.4. The fourth-order valence-corrected chi connectivity index (χ4v) is 3.59. The zero-order valence-electron chi connectivity index (χ0n) is 13.8. The van der Waals surface area contributed by atoms with Crippen LogP contribution in [0, 0.1) is 41.7 Å². The van der Waals surface area contributed by atoms with Crippen molar-refractivity contribution in [2.24, 2.45) is 0 Å². The van der Waals surface area contributed by atoms with Crippen molar-refractivity contribution in [3.8, 4) is 0 Å². The van der Waals surface area contributed by atoms with Gasteiger partial charge in [-0.05, 0) is 50.1 Å². The van der Waals surface area contributed by atoms with E-state index in [4.69, 9.17) is 9.11 Å². The minimum absolute atomic E-state index is 0. The van der Waals surface area contributed by atoms with Gasteiger partial charge in [0.15, 0.2) is 0 Å². The Bertz CT molecular complexity index is 1040. The molecule has 0 bridgehead atoms. The molecule has 0 unspecified atom stereocenters. The van der Waals surface area contributed by atoms with Crippen molar-refractivity contribution in [2.45, 2.75) is 9.79 Å². The predicted molar refractivity (Wildman–Crippen MR) is 87.0 cm³/mol. The van der Waals surface area contributed by atoms with Crippen LogP contribution in [0.25, 0.3) is 0 Å². The summed E-state index contributed by atoms with van der Waals surface area (Å²) in [5.74, 6) is 0. The topological polar surface area (TPSA) is 235 Å². The SMILES string of the molecule is O=P([O-])([O-])c1ccc(S(=O)(=O)O)cc1.O=P([O-])([O-])c1ccc(S(=O)(=O)O)cc1.[Ce+4]. The predicted octanol–water partition coefficient (Wildman–Crippen LogP) is -3.06. The second-order valence-corrected chi connectivity index (χ2v) is 10.8. The summed E-state index contributed by atoms with van der Waals surface area (Å²) in [5.41, 5.74) is 0. The maximum Gasteiger partial charge on any atom is 4.00 e. The second kappa shape index (κ2) is 10.5. The van der Waals surface area contributed by atoms with E-state index >= 15 is 0 Å². The van der Waals surface area contributed by atoms with Crippen LogP contribution < -0.4 is 30.2 Å².